The molecule has 0 aliphatic carbocycles. The van der Waals surface area contributed by atoms with Crippen molar-refractivity contribution in [3.05, 3.63) is 10.6 Å². The first-order chi connectivity index (χ1) is 9.49. The third-order valence-corrected chi connectivity index (χ3v) is 5.85. The van der Waals surface area contributed by atoms with Crippen molar-refractivity contribution in [3.8, 4) is 0 Å². The SMILES string of the molecule is CCc1nc(N2CC(C)SC(C)C2)sc1CNC(C)C. The van der Waals surface area contributed by atoms with Gasteiger partial charge in [-0.15, -0.1) is 11.3 Å². The van der Waals surface area contributed by atoms with Crippen LogP contribution in [0.5, 0.6) is 0 Å². The zero-order valence-electron chi connectivity index (χ0n) is 13.3. The summed E-state index contributed by atoms with van der Waals surface area (Å²) in [4.78, 5) is 8.79. The Hall–Kier alpha value is -0.260. The number of aryl methyl sites for hydroxylation is 1. The van der Waals surface area contributed by atoms with E-state index in [1.807, 2.05) is 11.3 Å². The number of anilines is 1. The van der Waals surface area contributed by atoms with Gasteiger partial charge < -0.3 is 10.2 Å². The Morgan fingerprint density at radius 3 is 2.50 bits per heavy atom. The Morgan fingerprint density at radius 1 is 1.30 bits per heavy atom. The highest BCUT2D eigenvalue weighted by molar-refractivity contribution is 8.00. The molecule has 114 valence electrons. The molecule has 2 rings (SSSR count). The van der Waals surface area contributed by atoms with Crippen LogP contribution in [0.3, 0.4) is 0 Å². The Kier molecular flexibility index (Phi) is 5.75. The van der Waals surface area contributed by atoms with Crippen molar-refractivity contribution in [2.75, 3.05) is 18.0 Å². The summed E-state index contributed by atoms with van der Waals surface area (Å²) in [5.74, 6) is 0. The molecule has 0 bridgehead atoms. The van der Waals surface area contributed by atoms with Gasteiger partial charge in [-0.3, -0.25) is 0 Å². The summed E-state index contributed by atoms with van der Waals surface area (Å²) in [6, 6.07) is 0.525. The topological polar surface area (TPSA) is 28.2 Å². The predicted octanol–water partition coefficient (Wildman–Crippen LogP) is 3.53. The lowest BCUT2D eigenvalue weighted by molar-refractivity contribution is 0.590. The third kappa shape index (κ3) is 4.12. The van der Waals surface area contributed by atoms with Crippen LogP contribution in [-0.2, 0) is 13.0 Å². The van der Waals surface area contributed by atoms with E-state index in [4.69, 9.17) is 4.98 Å². The lowest BCUT2D eigenvalue weighted by Crippen LogP contribution is -2.40. The number of hydrogen-bond acceptors (Lipinski definition) is 5. The molecule has 1 N–H and O–H groups in total. The molecule has 20 heavy (non-hydrogen) atoms. The van der Waals surface area contributed by atoms with Crippen molar-refractivity contribution in [2.24, 2.45) is 0 Å². The number of nitrogens with one attached hydrogen (secondary N) is 1. The highest BCUT2D eigenvalue weighted by Gasteiger charge is 2.25. The van der Waals surface area contributed by atoms with E-state index in [9.17, 15) is 0 Å². The number of thiazole rings is 1. The average molecular weight is 314 g/mol. The first-order valence-corrected chi connectivity index (χ1v) is 9.37. The molecule has 2 unspecified atom stereocenters. The molecule has 0 amide bonds. The fraction of sp³-hybridized carbons (Fsp3) is 0.800. The molecular weight excluding hydrogens is 286 g/mol. The normalized spacial score (nSPS) is 23.6. The molecule has 0 aromatic carbocycles. The van der Waals surface area contributed by atoms with Crippen LogP contribution in [0.15, 0.2) is 0 Å². The number of rotatable bonds is 5. The Morgan fingerprint density at radius 2 is 1.95 bits per heavy atom. The first-order valence-electron chi connectivity index (χ1n) is 7.62. The van der Waals surface area contributed by atoms with Gasteiger partial charge in [-0.05, 0) is 6.42 Å². The lowest BCUT2D eigenvalue weighted by atomic mass is 10.3. The molecule has 3 nitrogen and oxygen atoms in total. The fourth-order valence-electron chi connectivity index (χ4n) is 2.55. The van der Waals surface area contributed by atoms with Gasteiger partial charge in [0.15, 0.2) is 5.13 Å². The van der Waals surface area contributed by atoms with Crippen LogP contribution >= 0.6 is 23.1 Å². The second-order valence-corrected chi connectivity index (χ2v) is 8.86. The smallest absolute Gasteiger partial charge is 0.185 e. The largest absolute Gasteiger partial charge is 0.346 e. The van der Waals surface area contributed by atoms with Gasteiger partial charge in [0.1, 0.15) is 0 Å². The van der Waals surface area contributed by atoms with Crippen LogP contribution in [-0.4, -0.2) is 34.6 Å². The first kappa shape index (κ1) is 16.1. The summed E-state index contributed by atoms with van der Waals surface area (Å²) < 4.78 is 0. The van der Waals surface area contributed by atoms with Gasteiger partial charge in [-0.25, -0.2) is 4.98 Å². The molecular formula is C15H27N3S2. The minimum atomic E-state index is 0.525. The van der Waals surface area contributed by atoms with Gasteiger partial charge in [0.05, 0.1) is 5.69 Å². The summed E-state index contributed by atoms with van der Waals surface area (Å²) in [6.45, 7) is 14.4. The van der Waals surface area contributed by atoms with Crippen LogP contribution in [0.25, 0.3) is 0 Å². The molecule has 5 heteroatoms. The molecule has 2 heterocycles. The van der Waals surface area contributed by atoms with Crippen LogP contribution in [0.4, 0.5) is 5.13 Å². The number of nitrogens with zero attached hydrogens (tertiary/aromatic N) is 2. The van der Waals surface area contributed by atoms with Crippen molar-refractivity contribution < 1.29 is 0 Å². The Balaban J connectivity index is 2.11. The molecule has 0 spiro atoms. The van der Waals surface area contributed by atoms with E-state index in [1.165, 1.54) is 15.7 Å². The monoisotopic (exact) mass is 313 g/mol. The number of aromatic nitrogens is 1. The fourth-order valence-corrected chi connectivity index (χ4v) is 4.99. The average Bonchev–Trinajstić information content (AvgIpc) is 2.78. The molecule has 1 aliphatic heterocycles. The molecule has 1 fully saturated rings. The molecule has 1 aromatic heterocycles. The van der Waals surface area contributed by atoms with Crippen LogP contribution in [0.1, 0.15) is 45.2 Å². The zero-order chi connectivity index (χ0) is 14.7. The summed E-state index contributed by atoms with van der Waals surface area (Å²) in [5.41, 5.74) is 1.27. The minimum absolute atomic E-state index is 0.525. The lowest BCUT2D eigenvalue weighted by Gasteiger charge is -2.34. The minimum Gasteiger partial charge on any atom is -0.346 e. The Labute approximate surface area is 131 Å². The maximum atomic E-state index is 4.89. The van der Waals surface area contributed by atoms with E-state index in [2.05, 4.69) is 56.6 Å². The third-order valence-electron chi connectivity index (χ3n) is 3.46. The van der Waals surface area contributed by atoms with E-state index < -0.39 is 0 Å². The highest BCUT2D eigenvalue weighted by Crippen LogP contribution is 2.32. The summed E-state index contributed by atoms with van der Waals surface area (Å²) in [7, 11) is 0. The van der Waals surface area contributed by atoms with Crippen molar-refractivity contribution in [2.45, 2.75) is 64.1 Å². The van der Waals surface area contributed by atoms with E-state index in [0.717, 1.165) is 26.1 Å². The molecule has 0 radical (unpaired) electrons. The van der Waals surface area contributed by atoms with Gasteiger partial charge in [0.2, 0.25) is 0 Å². The summed E-state index contributed by atoms with van der Waals surface area (Å²) in [6.07, 6.45) is 1.03. The van der Waals surface area contributed by atoms with Gasteiger partial charge in [-0.1, -0.05) is 34.6 Å². The van der Waals surface area contributed by atoms with Crippen molar-refractivity contribution in [1.29, 1.82) is 0 Å². The van der Waals surface area contributed by atoms with Crippen molar-refractivity contribution >= 4 is 28.2 Å². The zero-order valence-corrected chi connectivity index (χ0v) is 14.9. The standard InChI is InChI=1S/C15H27N3S2/c1-6-13-14(7-16-10(2)3)20-15(17-13)18-8-11(4)19-12(5)9-18/h10-12,16H,6-9H2,1-5H3. The maximum absolute atomic E-state index is 4.89. The van der Waals surface area contributed by atoms with E-state index >= 15 is 0 Å². The second kappa shape index (κ2) is 7.14. The quantitative estimate of drug-likeness (QED) is 0.900. The van der Waals surface area contributed by atoms with Gasteiger partial charge in [0.25, 0.3) is 0 Å². The number of thioether (sulfide) groups is 1. The van der Waals surface area contributed by atoms with Crippen molar-refractivity contribution in [1.82, 2.24) is 10.3 Å². The van der Waals surface area contributed by atoms with Gasteiger partial charge >= 0.3 is 0 Å². The van der Waals surface area contributed by atoms with E-state index in [0.29, 0.717) is 16.5 Å². The van der Waals surface area contributed by atoms with Crippen LogP contribution < -0.4 is 10.2 Å². The Bertz CT molecular complexity index is 421. The molecule has 0 saturated carbocycles. The number of hydrogen-bond donors (Lipinski definition) is 1. The van der Waals surface area contributed by atoms with E-state index in [1.54, 1.807) is 0 Å². The second-order valence-electron chi connectivity index (χ2n) is 5.92. The van der Waals surface area contributed by atoms with Gasteiger partial charge in [-0.2, -0.15) is 11.8 Å². The van der Waals surface area contributed by atoms with Crippen molar-refractivity contribution in [3.63, 3.8) is 0 Å². The predicted molar refractivity (Wildman–Crippen MR) is 92.2 cm³/mol. The van der Waals surface area contributed by atoms with Crippen LogP contribution in [0, 0.1) is 0 Å². The highest BCUT2D eigenvalue weighted by atomic mass is 32.2. The molecule has 1 aromatic rings. The molecule has 2 atom stereocenters. The van der Waals surface area contributed by atoms with Gasteiger partial charge in [0, 0.05) is 41.1 Å². The van der Waals surface area contributed by atoms with Crippen LogP contribution in [0.2, 0.25) is 0 Å². The molecule has 1 saturated heterocycles. The maximum Gasteiger partial charge on any atom is 0.185 e. The summed E-state index contributed by atoms with van der Waals surface area (Å²) in [5, 5.41) is 6.14. The summed E-state index contributed by atoms with van der Waals surface area (Å²) >= 11 is 3.97. The molecule has 1 aliphatic rings. The van der Waals surface area contributed by atoms with E-state index in [-0.39, 0.29) is 0 Å².